The molecule has 1 amide bonds. The number of carbonyl (C=O) groups is 1. The van der Waals surface area contributed by atoms with E-state index in [4.69, 9.17) is 4.52 Å². The summed E-state index contributed by atoms with van der Waals surface area (Å²) in [6, 6.07) is 7.23. The fraction of sp³-hybridized carbons (Fsp3) is 0.154. The van der Waals surface area contributed by atoms with Gasteiger partial charge < -0.3 is 9.84 Å². The van der Waals surface area contributed by atoms with E-state index < -0.39 is 5.91 Å². The SMILES string of the molecule is CNC(=O)c1nc(Cn2c(=O)cnc3ccccc32)no1. The highest BCUT2D eigenvalue weighted by Crippen LogP contribution is 2.09. The van der Waals surface area contributed by atoms with Gasteiger partial charge in [-0.05, 0) is 12.1 Å². The third-order valence-corrected chi connectivity index (χ3v) is 2.94. The summed E-state index contributed by atoms with van der Waals surface area (Å²) in [5.74, 6) is -0.369. The zero-order valence-corrected chi connectivity index (χ0v) is 11.1. The smallest absolute Gasteiger partial charge is 0.315 e. The lowest BCUT2D eigenvalue weighted by Gasteiger charge is -2.06. The van der Waals surface area contributed by atoms with Crippen molar-refractivity contribution in [1.29, 1.82) is 0 Å². The molecule has 0 fully saturated rings. The summed E-state index contributed by atoms with van der Waals surface area (Å²) in [5.41, 5.74) is 1.07. The normalized spacial score (nSPS) is 10.7. The maximum Gasteiger partial charge on any atom is 0.315 e. The summed E-state index contributed by atoms with van der Waals surface area (Å²) in [5, 5.41) is 6.09. The molecule has 1 N–H and O–H groups in total. The van der Waals surface area contributed by atoms with Crippen molar-refractivity contribution in [3.63, 3.8) is 0 Å². The molecule has 1 aromatic carbocycles. The van der Waals surface area contributed by atoms with E-state index in [1.54, 1.807) is 12.1 Å². The van der Waals surface area contributed by atoms with E-state index in [9.17, 15) is 9.59 Å². The van der Waals surface area contributed by atoms with Crippen LogP contribution in [0.4, 0.5) is 0 Å². The van der Waals surface area contributed by atoms with Crippen LogP contribution in [-0.4, -0.2) is 32.6 Å². The van der Waals surface area contributed by atoms with Gasteiger partial charge in [-0.3, -0.25) is 14.2 Å². The van der Waals surface area contributed by atoms with Gasteiger partial charge in [0.2, 0.25) is 0 Å². The Kier molecular flexibility index (Phi) is 3.19. The molecule has 0 atom stereocenters. The van der Waals surface area contributed by atoms with Crippen LogP contribution in [-0.2, 0) is 6.54 Å². The summed E-state index contributed by atoms with van der Waals surface area (Å²) >= 11 is 0. The van der Waals surface area contributed by atoms with Crippen LogP contribution in [0.1, 0.15) is 16.5 Å². The minimum absolute atomic E-state index is 0.0996. The predicted octanol–water partition coefficient (Wildman–Crippen LogP) is 0.187. The van der Waals surface area contributed by atoms with Gasteiger partial charge in [-0.25, -0.2) is 4.98 Å². The third-order valence-electron chi connectivity index (χ3n) is 2.94. The second-order valence-corrected chi connectivity index (χ2v) is 4.27. The van der Waals surface area contributed by atoms with E-state index in [0.29, 0.717) is 11.0 Å². The van der Waals surface area contributed by atoms with Crippen LogP contribution >= 0.6 is 0 Å². The first-order valence-corrected chi connectivity index (χ1v) is 6.18. The molecule has 0 aliphatic rings. The van der Waals surface area contributed by atoms with Crippen LogP contribution in [0, 0.1) is 0 Å². The van der Waals surface area contributed by atoms with Crippen molar-refractivity contribution in [1.82, 2.24) is 25.0 Å². The Morgan fingerprint density at radius 3 is 3.00 bits per heavy atom. The first-order valence-electron chi connectivity index (χ1n) is 6.18. The highest BCUT2D eigenvalue weighted by molar-refractivity contribution is 5.89. The van der Waals surface area contributed by atoms with Crippen molar-refractivity contribution in [2.45, 2.75) is 6.54 Å². The van der Waals surface area contributed by atoms with Crippen molar-refractivity contribution in [2.75, 3.05) is 7.05 Å². The molecule has 0 unspecified atom stereocenters. The molecule has 2 heterocycles. The van der Waals surface area contributed by atoms with Crippen LogP contribution in [0.3, 0.4) is 0 Å². The van der Waals surface area contributed by atoms with Gasteiger partial charge >= 0.3 is 11.8 Å². The number of amides is 1. The first kappa shape index (κ1) is 13.0. The van der Waals surface area contributed by atoms with E-state index in [-0.39, 0.29) is 23.8 Å². The number of carbonyl (C=O) groups excluding carboxylic acids is 1. The average molecular weight is 285 g/mol. The van der Waals surface area contributed by atoms with Gasteiger partial charge in [0.05, 0.1) is 23.8 Å². The number of nitrogens with zero attached hydrogens (tertiary/aromatic N) is 4. The number of rotatable bonds is 3. The van der Waals surface area contributed by atoms with Crippen LogP contribution in [0.15, 0.2) is 39.8 Å². The predicted molar refractivity (Wildman–Crippen MR) is 72.8 cm³/mol. The van der Waals surface area contributed by atoms with Crippen LogP contribution in [0.2, 0.25) is 0 Å². The Hall–Kier alpha value is -3.03. The zero-order valence-electron chi connectivity index (χ0n) is 11.1. The molecule has 3 rings (SSSR count). The maximum atomic E-state index is 12.0. The molecule has 0 saturated carbocycles. The van der Waals surface area contributed by atoms with E-state index >= 15 is 0 Å². The molecule has 8 nitrogen and oxygen atoms in total. The molecular weight excluding hydrogens is 274 g/mol. The Morgan fingerprint density at radius 1 is 1.38 bits per heavy atom. The fourth-order valence-corrected chi connectivity index (χ4v) is 1.94. The molecule has 0 aliphatic carbocycles. The average Bonchev–Trinajstić information content (AvgIpc) is 2.98. The van der Waals surface area contributed by atoms with Gasteiger partial charge in [-0.1, -0.05) is 17.3 Å². The van der Waals surface area contributed by atoms with Gasteiger partial charge in [0.15, 0.2) is 5.82 Å². The molecule has 106 valence electrons. The van der Waals surface area contributed by atoms with E-state index in [1.807, 2.05) is 12.1 Å². The first-order chi connectivity index (χ1) is 10.2. The lowest BCUT2D eigenvalue weighted by molar-refractivity contribution is 0.0919. The van der Waals surface area contributed by atoms with E-state index in [1.165, 1.54) is 17.8 Å². The largest absolute Gasteiger partial charge is 0.351 e. The molecule has 0 saturated heterocycles. The van der Waals surface area contributed by atoms with Crippen molar-refractivity contribution in [3.05, 3.63) is 52.5 Å². The summed E-state index contributed by atoms with van der Waals surface area (Å²) < 4.78 is 6.31. The molecule has 21 heavy (non-hydrogen) atoms. The van der Waals surface area contributed by atoms with Crippen molar-refractivity contribution in [2.24, 2.45) is 0 Å². The number of fused-ring (bicyclic) bond motifs is 1. The summed E-state index contributed by atoms with van der Waals surface area (Å²) in [7, 11) is 1.47. The van der Waals surface area contributed by atoms with E-state index in [2.05, 4.69) is 20.4 Å². The Morgan fingerprint density at radius 2 is 2.19 bits per heavy atom. The van der Waals surface area contributed by atoms with E-state index in [0.717, 1.165) is 0 Å². The lowest BCUT2D eigenvalue weighted by Crippen LogP contribution is -2.22. The van der Waals surface area contributed by atoms with Crippen LogP contribution in [0.5, 0.6) is 0 Å². The third kappa shape index (κ3) is 2.38. The van der Waals surface area contributed by atoms with Crippen LogP contribution < -0.4 is 10.9 Å². The fourth-order valence-electron chi connectivity index (χ4n) is 1.94. The van der Waals surface area contributed by atoms with Crippen LogP contribution in [0.25, 0.3) is 11.0 Å². The van der Waals surface area contributed by atoms with Crippen molar-refractivity contribution >= 4 is 16.9 Å². The zero-order chi connectivity index (χ0) is 14.8. The maximum absolute atomic E-state index is 12.0. The molecule has 8 heteroatoms. The molecule has 0 bridgehead atoms. The molecular formula is C13H11N5O3. The van der Waals surface area contributed by atoms with Gasteiger partial charge in [-0.2, -0.15) is 4.98 Å². The second-order valence-electron chi connectivity index (χ2n) is 4.27. The Labute approximate surface area is 118 Å². The number of nitrogens with one attached hydrogen (secondary N) is 1. The Bertz CT molecular complexity index is 867. The number of benzene rings is 1. The number of hydrogen-bond donors (Lipinski definition) is 1. The quantitative estimate of drug-likeness (QED) is 0.736. The summed E-state index contributed by atoms with van der Waals surface area (Å²) in [6.45, 7) is 0.0996. The highest BCUT2D eigenvalue weighted by atomic mass is 16.5. The second kappa shape index (κ2) is 5.16. The summed E-state index contributed by atoms with van der Waals surface area (Å²) in [4.78, 5) is 31.4. The lowest BCUT2D eigenvalue weighted by atomic mass is 10.3. The Balaban J connectivity index is 2.02. The van der Waals surface area contributed by atoms with Gasteiger partial charge in [0, 0.05) is 7.05 Å². The van der Waals surface area contributed by atoms with Gasteiger partial charge in [0.1, 0.15) is 0 Å². The minimum Gasteiger partial charge on any atom is -0.351 e. The molecule has 3 aromatic rings. The number of aromatic nitrogens is 4. The monoisotopic (exact) mass is 285 g/mol. The summed E-state index contributed by atoms with van der Waals surface area (Å²) in [6.07, 6.45) is 1.24. The molecule has 0 radical (unpaired) electrons. The number of hydrogen-bond acceptors (Lipinski definition) is 6. The van der Waals surface area contributed by atoms with Gasteiger partial charge in [0.25, 0.3) is 5.56 Å². The number of para-hydroxylation sites is 2. The highest BCUT2D eigenvalue weighted by Gasteiger charge is 2.14. The molecule has 0 aliphatic heterocycles. The standard InChI is InChI=1S/C13H11N5O3/c1-14-12(20)13-16-10(17-21-13)7-18-9-5-3-2-4-8(9)15-6-11(18)19/h2-6H,7H2,1H3,(H,14,20). The topological polar surface area (TPSA) is 103 Å². The molecule has 0 spiro atoms. The van der Waals surface area contributed by atoms with Crippen molar-refractivity contribution < 1.29 is 9.32 Å². The van der Waals surface area contributed by atoms with Gasteiger partial charge in [-0.15, -0.1) is 0 Å². The van der Waals surface area contributed by atoms with Crippen molar-refractivity contribution in [3.8, 4) is 0 Å². The minimum atomic E-state index is -0.472. The molecule has 2 aromatic heterocycles.